The van der Waals surface area contributed by atoms with Gasteiger partial charge in [0.1, 0.15) is 12.4 Å². The maximum atomic E-state index is 11.8. The number of nitrogens with zero attached hydrogens (tertiary/aromatic N) is 1. The molecule has 0 aliphatic heterocycles. The van der Waals surface area contributed by atoms with Crippen molar-refractivity contribution in [3.63, 3.8) is 0 Å². The zero-order chi connectivity index (χ0) is 15.2. The van der Waals surface area contributed by atoms with Gasteiger partial charge in [0, 0.05) is 18.6 Å². The van der Waals surface area contributed by atoms with Crippen LogP contribution in [0, 0.1) is 17.0 Å². The molecule has 0 spiro atoms. The Morgan fingerprint density at radius 1 is 1.19 bits per heavy atom. The number of nitro groups is 1. The number of carbonyl (C=O) groups is 1. The number of non-ortho nitro benzene ring substituents is 1. The minimum absolute atomic E-state index is 0.00969. The van der Waals surface area contributed by atoms with E-state index < -0.39 is 4.92 Å². The number of benzene rings is 2. The topological polar surface area (TPSA) is 69.4 Å². The van der Waals surface area contributed by atoms with Crippen LogP contribution in [0.5, 0.6) is 5.75 Å². The molecule has 108 valence electrons. The van der Waals surface area contributed by atoms with Gasteiger partial charge in [0.15, 0.2) is 5.78 Å². The molecule has 0 aliphatic carbocycles. The number of hydrogen-bond acceptors (Lipinski definition) is 4. The number of ether oxygens (including phenoxy) is 1. The fourth-order valence-corrected chi connectivity index (χ4v) is 1.94. The Kier molecular flexibility index (Phi) is 4.66. The lowest BCUT2D eigenvalue weighted by Crippen LogP contribution is -2.14. The zero-order valence-corrected chi connectivity index (χ0v) is 11.6. The molecule has 5 nitrogen and oxygen atoms in total. The van der Waals surface area contributed by atoms with E-state index in [2.05, 4.69) is 0 Å². The maximum absolute atomic E-state index is 11.8. The molecule has 0 amide bonds. The zero-order valence-electron chi connectivity index (χ0n) is 11.6. The first kappa shape index (κ1) is 14.7. The van der Waals surface area contributed by atoms with Crippen LogP contribution in [0.2, 0.25) is 0 Å². The number of ketones is 1. The molecule has 0 radical (unpaired) electrons. The molecule has 2 rings (SSSR count). The minimum atomic E-state index is -0.461. The van der Waals surface area contributed by atoms with Crippen LogP contribution >= 0.6 is 0 Å². The van der Waals surface area contributed by atoms with E-state index in [0.717, 1.165) is 5.56 Å². The maximum Gasteiger partial charge on any atom is 0.269 e. The van der Waals surface area contributed by atoms with Crippen LogP contribution in [-0.4, -0.2) is 17.3 Å². The second-order valence-corrected chi connectivity index (χ2v) is 4.70. The van der Waals surface area contributed by atoms with Gasteiger partial charge in [0.25, 0.3) is 5.69 Å². The van der Waals surface area contributed by atoms with Gasteiger partial charge >= 0.3 is 0 Å². The number of Topliss-reactive ketones (excluding diaryl/α,β-unsaturated/α-hetero) is 1. The third-order valence-electron chi connectivity index (χ3n) is 3.00. The Hall–Kier alpha value is -2.69. The molecule has 0 aromatic heterocycles. The molecule has 2 aromatic rings. The molecule has 2 aromatic carbocycles. The minimum Gasteiger partial charge on any atom is -0.486 e. The summed E-state index contributed by atoms with van der Waals surface area (Å²) in [4.78, 5) is 22.0. The van der Waals surface area contributed by atoms with E-state index in [1.165, 1.54) is 18.2 Å². The fourth-order valence-electron chi connectivity index (χ4n) is 1.94. The molecule has 0 heterocycles. The van der Waals surface area contributed by atoms with E-state index in [-0.39, 0.29) is 18.1 Å². The van der Waals surface area contributed by atoms with Crippen molar-refractivity contribution in [1.29, 1.82) is 0 Å². The van der Waals surface area contributed by atoms with E-state index in [0.29, 0.717) is 17.7 Å². The Labute approximate surface area is 122 Å². The molecule has 5 heteroatoms. The van der Waals surface area contributed by atoms with Gasteiger partial charge in [0.05, 0.1) is 4.92 Å². The van der Waals surface area contributed by atoms with E-state index in [1.807, 2.05) is 30.3 Å². The van der Waals surface area contributed by atoms with Crippen molar-refractivity contribution in [3.05, 3.63) is 69.8 Å². The molecule has 0 aliphatic rings. The highest BCUT2D eigenvalue weighted by Gasteiger charge is 2.10. The largest absolute Gasteiger partial charge is 0.486 e. The quantitative estimate of drug-likeness (QED) is 0.604. The first-order valence-electron chi connectivity index (χ1n) is 6.50. The van der Waals surface area contributed by atoms with Gasteiger partial charge in [-0.25, -0.2) is 0 Å². The monoisotopic (exact) mass is 285 g/mol. The van der Waals surface area contributed by atoms with E-state index in [4.69, 9.17) is 4.74 Å². The summed E-state index contributed by atoms with van der Waals surface area (Å²) in [6, 6.07) is 13.7. The van der Waals surface area contributed by atoms with Crippen molar-refractivity contribution in [3.8, 4) is 5.75 Å². The Morgan fingerprint density at radius 3 is 2.52 bits per heavy atom. The fraction of sp³-hybridized carbons (Fsp3) is 0.188. The summed E-state index contributed by atoms with van der Waals surface area (Å²) in [6.45, 7) is 1.66. The van der Waals surface area contributed by atoms with Gasteiger partial charge in [-0.05, 0) is 24.1 Å². The van der Waals surface area contributed by atoms with Gasteiger partial charge in [-0.2, -0.15) is 0 Å². The first-order valence-corrected chi connectivity index (χ1v) is 6.50. The summed E-state index contributed by atoms with van der Waals surface area (Å²) in [6.07, 6.45) is 0.312. The first-order chi connectivity index (χ1) is 10.1. The van der Waals surface area contributed by atoms with Gasteiger partial charge < -0.3 is 4.74 Å². The lowest BCUT2D eigenvalue weighted by atomic mass is 10.1. The smallest absolute Gasteiger partial charge is 0.269 e. The van der Waals surface area contributed by atoms with Gasteiger partial charge in [0.2, 0.25) is 0 Å². The summed E-state index contributed by atoms with van der Waals surface area (Å²) in [5.74, 6) is 0.445. The lowest BCUT2D eigenvalue weighted by molar-refractivity contribution is -0.384. The SMILES string of the molecule is Cc1cc([N+](=O)[O-])ccc1OCC(=O)Cc1ccccc1. The van der Waals surface area contributed by atoms with Crippen molar-refractivity contribution in [2.45, 2.75) is 13.3 Å². The molecule has 0 bridgehead atoms. The highest BCUT2D eigenvalue weighted by molar-refractivity contribution is 5.82. The second kappa shape index (κ2) is 6.65. The predicted molar refractivity (Wildman–Crippen MR) is 78.5 cm³/mol. The summed E-state index contributed by atoms with van der Waals surface area (Å²) < 4.78 is 5.43. The average molecular weight is 285 g/mol. The molecule has 0 N–H and O–H groups in total. The molecule has 0 saturated carbocycles. The average Bonchev–Trinajstić information content (AvgIpc) is 2.47. The number of hydrogen-bond donors (Lipinski definition) is 0. The Bertz CT molecular complexity index is 653. The van der Waals surface area contributed by atoms with Gasteiger partial charge in [-0.1, -0.05) is 30.3 Å². The van der Waals surface area contributed by atoms with Gasteiger partial charge in [-0.15, -0.1) is 0 Å². The van der Waals surface area contributed by atoms with Crippen LogP contribution in [0.4, 0.5) is 5.69 Å². The van der Waals surface area contributed by atoms with Crippen LogP contribution in [0.1, 0.15) is 11.1 Å². The molecule has 0 atom stereocenters. The normalized spacial score (nSPS) is 10.1. The van der Waals surface area contributed by atoms with Crippen molar-refractivity contribution in [2.75, 3.05) is 6.61 Å². The lowest BCUT2D eigenvalue weighted by Gasteiger charge is -2.08. The molecule has 21 heavy (non-hydrogen) atoms. The predicted octanol–water partition coefficient (Wildman–Crippen LogP) is 3.09. The van der Waals surface area contributed by atoms with E-state index >= 15 is 0 Å². The van der Waals surface area contributed by atoms with Crippen LogP contribution in [0.15, 0.2) is 48.5 Å². The summed E-state index contributed by atoms with van der Waals surface area (Å²) in [5, 5.41) is 10.6. The number of rotatable bonds is 6. The summed E-state index contributed by atoms with van der Waals surface area (Å²) >= 11 is 0. The van der Waals surface area contributed by atoms with Crippen molar-refractivity contribution >= 4 is 11.5 Å². The van der Waals surface area contributed by atoms with Crippen LogP contribution in [-0.2, 0) is 11.2 Å². The third-order valence-corrected chi connectivity index (χ3v) is 3.00. The van der Waals surface area contributed by atoms with E-state index in [1.54, 1.807) is 6.92 Å². The molecule has 0 unspecified atom stereocenters. The van der Waals surface area contributed by atoms with Crippen LogP contribution in [0.3, 0.4) is 0 Å². The standard InChI is InChI=1S/C16H15NO4/c1-12-9-14(17(19)20)7-8-16(12)21-11-15(18)10-13-5-3-2-4-6-13/h2-9H,10-11H2,1H3. The van der Waals surface area contributed by atoms with Gasteiger partial charge in [-0.3, -0.25) is 14.9 Å². The highest BCUT2D eigenvalue weighted by atomic mass is 16.6. The number of nitro benzene ring substituents is 1. The number of aryl methyl sites for hydroxylation is 1. The summed E-state index contributed by atoms with van der Waals surface area (Å²) in [5.41, 5.74) is 1.58. The third kappa shape index (κ3) is 4.14. The highest BCUT2D eigenvalue weighted by Crippen LogP contribution is 2.23. The van der Waals surface area contributed by atoms with Crippen molar-refractivity contribution in [2.24, 2.45) is 0 Å². The summed E-state index contributed by atoms with van der Waals surface area (Å²) in [7, 11) is 0. The van der Waals surface area contributed by atoms with Crippen molar-refractivity contribution in [1.82, 2.24) is 0 Å². The van der Waals surface area contributed by atoms with Crippen molar-refractivity contribution < 1.29 is 14.5 Å². The van der Waals surface area contributed by atoms with Crippen LogP contribution in [0.25, 0.3) is 0 Å². The second-order valence-electron chi connectivity index (χ2n) is 4.70. The molecule has 0 saturated heterocycles. The Balaban J connectivity index is 1.94. The van der Waals surface area contributed by atoms with Crippen LogP contribution < -0.4 is 4.74 Å². The van der Waals surface area contributed by atoms with E-state index in [9.17, 15) is 14.9 Å². The molecule has 0 fully saturated rings. The molecular formula is C16H15NO4. The number of carbonyl (C=O) groups excluding carboxylic acids is 1. The molecular weight excluding hydrogens is 270 g/mol. The Morgan fingerprint density at radius 2 is 1.90 bits per heavy atom.